The van der Waals surface area contributed by atoms with Gasteiger partial charge >= 0.3 is 0 Å². The summed E-state index contributed by atoms with van der Waals surface area (Å²) in [5.74, 6) is 0.992. The number of rotatable bonds is 6. The maximum absolute atomic E-state index is 5.35. The average molecular weight is 347 g/mol. The Kier molecular flexibility index (Phi) is 6.01. The SMILES string of the molecule is COc1ccc([Si]2(CCN3CCC(N(C)C)CC3)CCCC2)cc1. The Morgan fingerprint density at radius 3 is 2.25 bits per heavy atom. The number of nitrogens with zero attached hydrogens (tertiary/aromatic N) is 2. The number of piperidine rings is 1. The fourth-order valence-corrected chi connectivity index (χ4v) is 9.80. The molecule has 0 spiro atoms. The second-order valence-corrected chi connectivity index (χ2v) is 12.6. The summed E-state index contributed by atoms with van der Waals surface area (Å²) in [5, 5.41) is 1.67. The highest BCUT2D eigenvalue weighted by atomic mass is 28.3. The minimum atomic E-state index is -1.27. The molecule has 0 aliphatic carbocycles. The highest BCUT2D eigenvalue weighted by Crippen LogP contribution is 2.34. The molecule has 0 amide bonds. The number of ether oxygens (including phenoxy) is 1. The molecular weight excluding hydrogens is 312 g/mol. The van der Waals surface area contributed by atoms with Crippen molar-refractivity contribution in [1.82, 2.24) is 9.80 Å². The van der Waals surface area contributed by atoms with E-state index in [4.69, 9.17) is 4.74 Å². The van der Waals surface area contributed by atoms with Gasteiger partial charge in [0.1, 0.15) is 5.75 Å². The Labute approximate surface area is 149 Å². The highest BCUT2D eigenvalue weighted by Gasteiger charge is 2.38. The molecule has 2 aliphatic heterocycles. The van der Waals surface area contributed by atoms with Gasteiger partial charge in [-0.15, -0.1) is 0 Å². The summed E-state index contributed by atoms with van der Waals surface area (Å²) in [4.78, 5) is 5.14. The maximum Gasteiger partial charge on any atom is 0.118 e. The van der Waals surface area contributed by atoms with Crippen molar-refractivity contribution in [3.8, 4) is 5.75 Å². The van der Waals surface area contributed by atoms with Crippen molar-refractivity contribution in [3.63, 3.8) is 0 Å². The first-order chi connectivity index (χ1) is 11.6. The van der Waals surface area contributed by atoms with Crippen molar-refractivity contribution in [2.45, 2.75) is 49.9 Å². The van der Waals surface area contributed by atoms with Gasteiger partial charge in [-0.2, -0.15) is 0 Å². The van der Waals surface area contributed by atoms with Crippen LogP contribution in [-0.2, 0) is 0 Å². The van der Waals surface area contributed by atoms with Crippen LogP contribution in [0.5, 0.6) is 5.75 Å². The molecule has 2 heterocycles. The van der Waals surface area contributed by atoms with E-state index in [9.17, 15) is 0 Å². The molecule has 1 aromatic carbocycles. The minimum absolute atomic E-state index is 0.792. The van der Waals surface area contributed by atoms with E-state index in [1.807, 2.05) is 0 Å². The zero-order valence-corrected chi connectivity index (χ0v) is 16.8. The van der Waals surface area contributed by atoms with E-state index in [-0.39, 0.29) is 0 Å². The maximum atomic E-state index is 5.35. The first-order valence-electron chi connectivity index (χ1n) is 9.66. The number of methoxy groups -OCH3 is 1. The molecule has 1 aromatic rings. The summed E-state index contributed by atoms with van der Waals surface area (Å²) in [6.45, 7) is 3.89. The van der Waals surface area contributed by atoms with Crippen LogP contribution in [0.1, 0.15) is 25.7 Å². The highest BCUT2D eigenvalue weighted by molar-refractivity contribution is 6.92. The van der Waals surface area contributed by atoms with E-state index in [1.165, 1.54) is 63.4 Å². The summed E-state index contributed by atoms with van der Waals surface area (Å²) < 4.78 is 5.35. The summed E-state index contributed by atoms with van der Waals surface area (Å²) in [7, 11) is 4.94. The van der Waals surface area contributed by atoms with Gasteiger partial charge in [0, 0.05) is 6.04 Å². The van der Waals surface area contributed by atoms with Gasteiger partial charge < -0.3 is 14.5 Å². The molecule has 0 aromatic heterocycles. The summed E-state index contributed by atoms with van der Waals surface area (Å²) in [6, 6.07) is 14.3. The van der Waals surface area contributed by atoms with Crippen molar-refractivity contribution in [1.29, 1.82) is 0 Å². The lowest BCUT2D eigenvalue weighted by atomic mass is 10.0. The van der Waals surface area contributed by atoms with E-state index in [0.717, 1.165) is 11.8 Å². The second-order valence-electron chi connectivity index (χ2n) is 8.00. The van der Waals surface area contributed by atoms with E-state index in [1.54, 1.807) is 12.3 Å². The van der Waals surface area contributed by atoms with Gasteiger partial charge in [-0.3, -0.25) is 0 Å². The lowest BCUT2D eigenvalue weighted by molar-refractivity contribution is 0.149. The molecule has 2 saturated heterocycles. The zero-order chi connectivity index (χ0) is 17.0. The topological polar surface area (TPSA) is 15.7 Å². The Morgan fingerprint density at radius 1 is 1.08 bits per heavy atom. The van der Waals surface area contributed by atoms with Gasteiger partial charge in [0.2, 0.25) is 0 Å². The van der Waals surface area contributed by atoms with Crippen LogP contribution in [0.3, 0.4) is 0 Å². The molecule has 0 unspecified atom stereocenters. The van der Waals surface area contributed by atoms with Crippen LogP contribution in [0.25, 0.3) is 0 Å². The van der Waals surface area contributed by atoms with Crippen molar-refractivity contribution >= 4 is 13.3 Å². The predicted molar refractivity (Wildman–Crippen MR) is 105 cm³/mol. The lowest BCUT2D eigenvalue weighted by Crippen LogP contribution is -2.49. The molecule has 3 nitrogen and oxygen atoms in total. The van der Waals surface area contributed by atoms with Gasteiger partial charge in [0.05, 0.1) is 15.2 Å². The van der Waals surface area contributed by atoms with Crippen molar-refractivity contribution in [2.24, 2.45) is 0 Å². The van der Waals surface area contributed by atoms with E-state index >= 15 is 0 Å². The predicted octanol–water partition coefficient (Wildman–Crippen LogP) is 3.17. The third-order valence-corrected chi connectivity index (χ3v) is 11.8. The minimum Gasteiger partial charge on any atom is -0.497 e. The fraction of sp³-hybridized carbons (Fsp3) is 0.700. The molecule has 0 bridgehead atoms. The molecule has 4 heteroatoms. The fourth-order valence-electron chi connectivity index (χ4n) is 4.71. The van der Waals surface area contributed by atoms with Gasteiger partial charge in [0.15, 0.2) is 0 Å². The van der Waals surface area contributed by atoms with Crippen LogP contribution in [-0.4, -0.2) is 64.8 Å². The van der Waals surface area contributed by atoms with Crippen LogP contribution in [0.15, 0.2) is 24.3 Å². The van der Waals surface area contributed by atoms with Gasteiger partial charge in [0.25, 0.3) is 0 Å². The van der Waals surface area contributed by atoms with E-state index < -0.39 is 8.07 Å². The van der Waals surface area contributed by atoms with E-state index in [0.29, 0.717) is 0 Å². The Bertz CT molecular complexity index is 503. The number of likely N-dealkylation sites (tertiary alicyclic amines) is 1. The molecule has 134 valence electrons. The van der Waals surface area contributed by atoms with Gasteiger partial charge in [-0.05, 0) is 64.7 Å². The molecule has 2 fully saturated rings. The zero-order valence-electron chi connectivity index (χ0n) is 15.8. The van der Waals surface area contributed by atoms with Crippen molar-refractivity contribution < 1.29 is 4.74 Å². The number of benzene rings is 1. The molecule has 24 heavy (non-hydrogen) atoms. The van der Waals surface area contributed by atoms with Crippen LogP contribution in [0, 0.1) is 0 Å². The quantitative estimate of drug-likeness (QED) is 0.736. The van der Waals surface area contributed by atoms with Crippen LogP contribution >= 0.6 is 0 Å². The molecule has 0 atom stereocenters. The monoisotopic (exact) mass is 346 g/mol. The summed E-state index contributed by atoms with van der Waals surface area (Å²) in [6.07, 6.45) is 5.57. The Hall–Kier alpha value is -0.843. The largest absolute Gasteiger partial charge is 0.497 e. The molecule has 3 rings (SSSR count). The first kappa shape index (κ1) is 18.0. The average Bonchev–Trinajstić information content (AvgIpc) is 3.10. The molecular formula is C20H34N2OSi. The normalized spacial score (nSPS) is 22.2. The van der Waals surface area contributed by atoms with E-state index in [2.05, 4.69) is 48.2 Å². The molecule has 0 saturated carbocycles. The molecule has 0 N–H and O–H groups in total. The Morgan fingerprint density at radius 2 is 1.71 bits per heavy atom. The van der Waals surface area contributed by atoms with Crippen molar-refractivity contribution in [2.75, 3.05) is 40.8 Å². The third kappa shape index (κ3) is 4.03. The second kappa shape index (κ2) is 8.02. The Balaban J connectivity index is 1.60. The van der Waals surface area contributed by atoms with Crippen LogP contribution < -0.4 is 9.92 Å². The van der Waals surface area contributed by atoms with Gasteiger partial charge in [-0.1, -0.05) is 42.2 Å². The van der Waals surface area contributed by atoms with Crippen LogP contribution in [0.2, 0.25) is 18.1 Å². The number of hydrogen-bond donors (Lipinski definition) is 0. The third-order valence-electron chi connectivity index (χ3n) is 6.46. The number of hydrogen-bond acceptors (Lipinski definition) is 3. The smallest absolute Gasteiger partial charge is 0.118 e. The first-order valence-corrected chi connectivity index (χ1v) is 12.3. The molecule has 0 radical (unpaired) electrons. The summed E-state index contributed by atoms with van der Waals surface area (Å²) in [5.41, 5.74) is 0. The van der Waals surface area contributed by atoms with Crippen LogP contribution in [0.4, 0.5) is 0 Å². The van der Waals surface area contributed by atoms with Gasteiger partial charge in [-0.25, -0.2) is 0 Å². The molecule has 2 aliphatic rings. The van der Waals surface area contributed by atoms with Crippen molar-refractivity contribution in [3.05, 3.63) is 24.3 Å². The summed E-state index contributed by atoms with van der Waals surface area (Å²) >= 11 is 0. The lowest BCUT2D eigenvalue weighted by Gasteiger charge is -2.37. The standard InChI is InChI=1S/C20H34N2OSi/c1-21(2)18-10-12-22(13-11-18)14-17-24(15-4-5-16-24)20-8-6-19(23-3)7-9-20/h6-9,18H,4-5,10-17H2,1-3H3.